The normalized spacial score (nSPS) is 13.6. The summed E-state index contributed by atoms with van der Waals surface area (Å²) in [6.45, 7) is 0. The largest absolute Gasteiger partial charge is 0.360 e. The molecule has 1 aliphatic heterocycles. The van der Waals surface area contributed by atoms with Crippen LogP contribution < -0.4 is 5.32 Å². The number of hydrogen-bond acceptors (Lipinski definition) is 4. The van der Waals surface area contributed by atoms with E-state index in [1.54, 1.807) is 23.1 Å². The quantitative estimate of drug-likeness (QED) is 0.818. The van der Waals surface area contributed by atoms with E-state index in [4.69, 9.17) is 11.6 Å². The molecule has 0 spiro atoms. The summed E-state index contributed by atoms with van der Waals surface area (Å²) in [5.41, 5.74) is 0.911. The third kappa shape index (κ3) is 1.76. The standard InChI is InChI=1S/C10H6BrClN2S2/c11-5-3-7-10(13-4-16-7)14-8(5)9-6(12)1-2-15-9/h1-3H,4H2,(H,13,14). The Bertz CT molecular complexity index is 556. The van der Waals surface area contributed by atoms with Crippen LogP contribution in [0.4, 0.5) is 5.82 Å². The first-order valence-electron chi connectivity index (χ1n) is 4.56. The van der Waals surface area contributed by atoms with Gasteiger partial charge >= 0.3 is 0 Å². The summed E-state index contributed by atoms with van der Waals surface area (Å²) >= 11 is 13.0. The predicted molar refractivity (Wildman–Crippen MR) is 74.6 cm³/mol. The minimum absolute atomic E-state index is 0.754. The fraction of sp³-hybridized carbons (Fsp3) is 0.100. The maximum atomic E-state index is 6.12. The fourth-order valence-electron chi connectivity index (χ4n) is 1.51. The number of hydrogen-bond donors (Lipinski definition) is 1. The van der Waals surface area contributed by atoms with Gasteiger partial charge in [0.1, 0.15) is 5.82 Å². The highest BCUT2D eigenvalue weighted by molar-refractivity contribution is 9.10. The molecule has 0 radical (unpaired) electrons. The second-order valence-corrected chi connectivity index (χ2v) is 6.42. The van der Waals surface area contributed by atoms with Gasteiger partial charge in [-0.2, -0.15) is 0 Å². The van der Waals surface area contributed by atoms with Crippen LogP contribution in [0.15, 0.2) is 26.9 Å². The van der Waals surface area contributed by atoms with Crippen LogP contribution >= 0.6 is 50.6 Å². The van der Waals surface area contributed by atoms with Gasteiger partial charge in [0.2, 0.25) is 0 Å². The van der Waals surface area contributed by atoms with E-state index in [9.17, 15) is 0 Å². The van der Waals surface area contributed by atoms with Crippen LogP contribution in [-0.4, -0.2) is 10.9 Å². The molecule has 1 N–H and O–H groups in total. The van der Waals surface area contributed by atoms with Crippen LogP contribution in [0.5, 0.6) is 0 Å². The van der Waals surface area contributed by atoms with Gasteiger partial charge < -0.3 is 5.32 Å². The van der Waals surface area contributed by atoms with Gasteiger partial charge in [-0.3, -0.25) is 0 Å². The van der Waals surface area contributed by atoms with Gasteiger partial charge in [-0.25, -0.2) is 4.98 Å². The summed E-state index contributed by atoms with van der Waals surface area (Å²) in [6.07, 6.45) is 0. The van der Waals surface area contributed by atoms with Gasteiger partial charge in [-0.15, -0.1) is 23.1 Å². The SMILES string of the molecule is Clc1ccsc1-c1nc2c(cc1Br)SCN2. The first kappa shape index (κ1) is 10.9. The van der Waals surface area contributed by atoms with Gasteiger partial charge in [0.15, 0.2) is 0 Å². The predicted octanol–water partition coefficient (Wildman–Crippen LogP) is 4.70. The van der Waals surface area contributed by atoms with Gasteiger partial charge in [-0.05, 0) is 33.4 Å². The molecule has 0 aliphatic carbocycles. The molecule has 3 rings (SSSR count). The van der Waals surface area contributed by atoms with Crippen molar-refractivity contribution in [2.24, 2.45) is 0 Å². The molecule has 0 bridgehead atoms. The Balaban J connectivity index is 2.18. The second-order valence-electron chi connectivity index (χ2n) is 3.23. The Morgan fingerprint density at radius 3 is 3.12 bits per heavy atom. The van der Waals surface area contributed by atoms with Crippen LogP contribution in [0.2, 0.25) is 5.02 Å². The summed E-state index contributed by atoms with van der Waals surface area (Å²) in [4.78, 5) is 6.80. The van der Waals surface area contributed by atoms with E-state index in [2.05, 4.69) is 32.3 Å². The van der Waals surface area contributed by atoms with Crippen LogP contribution in [0.3, 0.4) is 0 Å². The number of thiophene rings is 1. The molecule has 6 heteroatoms. The van der Waals surface area contributed by atoms with Crippen molar-refractivity contribution in [1.82, 2.24) is 4.98 Å². The molecule has 2 nitrogen and oxygen atoms in total. The summed E-state index contributed by atoms with van der Waals surface area (Å²) in [6, 6.07) is 3.99. The van der Waals surface area contributed by atoms with Crippen molar-refractivity contribution < 1.29 is 0 Å². The first-order valence-corrected chi connectivity index (χ1v) is 7.60. The molecule has 2 aromatic heterocycles. The summed E-state index contributed by atoms with van der Waals surface area (Å²) in [5, 5.41) is 5.97. The number of halogens is 2. The second kappa shape index (κ2) is 4.22. The Morgan fingerprint density at radius 1 is 1.50 bits per heavy atom. The highest BCUT2D eigenvalue weighted by Gasteiger charge is 2.18. The molecule has 2 aromatic rings. The van der Waals surface area contributed by atoms with E-state index in [1.807, 2.05) is 11.4 Å². The third-order valence-electron chi connectivity index (χ3n) is 2.24. The number of aromatic nitrogens is 1. The number of anilines is 1. The molecule has 3 heterocycles. The number of nitrogens with zero attached hydrogens (tertiary/aromatic N) is 1. The lowest BCUT2D eigenvalue weighted by molar-refractivity contribution is 1.23. The van der Waals surface area contributed by atoms with Gasteiger partial charge in [-0.1, -0.05) is 11.6 Å². The van der Waals surface area contributed by atoms with Crippen LogP contribution in [0.1, 0.15) is 0 Å². The molecule has 82 valence electrons. The molecule has 0 amide bonds. The van der Waals surface area contributed by atoms with Crippen molar-refractivity contribution in [3.05, 3.63) is 27.0 Å². The average molecular weight is 334 g/mol. The van der Waals surface area contributed by atoms with E-state index < -0.39 is 0 Å². The van der Waals surface area contributed by atoms with Crippen molar-refractivity contribution in [2.45, 2.75) is 4.90 Å². The molecular weight excluding hydrogens is 328 g/mol. The topological polar surface area (TPSA) is 24.9 Å². The molecular formula is C10H6BrClN2S2. The zero-order valence-corrected chi connectivity index (χ0v) is 11.9. The Morgan fingerprint density at radius 2 is 2.38 bits per heavy atom. The van der Waals surface area contributed by atoms with Crippen LogP contribution in [0, 0.1) is 0 Å². The first-order chi connectivity index (χ1) is 7.75. The minimum atomic E-state index is 0.754. The lowest BCUT2D eigenvalue weighted by Gasteiger charge is -2.05. The van der Waals surface area contributed by atoms with Crippen molar-refractivity contribution >= 4 is 56.4 Å². The van der Waals surface area contributed by atoms with E-state index in [0.717, 1.165) is 31.8 Å². The Kier molecular flexibility index (Phi) is 2.87. The zero-order chi connectivity index (χ0) is 11.1. The molecule has 0 aromatic carbocycles. The highest BCUT2D eigenvalue weighted by Crippen LogP contribution is 2.41. The number of pyridine rings is 1. The molecule has 1 aliphatic rings. The maximum absolute atomic E-state index is 6.12. The number of rotatable bonds is 1. The van der Waals surface area contributed by atoms with Crippen LogP contribution in [0.25, 0.3) is 10.6 Å². The number of thioether (sulfide) groups is 1. The molecule has 0 saturated heterocycles. The van der Waals surface area contributed by atoms with Crippen LogP contribution in [-0.2, 0) is 0 Å². The average Bonchev–Trinajstić information content (AvgIpc) is 2.85. The molecule has 0 atom stereocenters. The van der Waals surface area contributed by atoms with Gasteiger partial charge in [0.05, 0.1) is 26.4 Å². The fourth-order valence-corrected chi connectivity index (χ4v) is 4.28. The lowest BCUT2D eigenvalue weighted by atomic mass is 10.3. The van der Waals surface area contributed by atoms with Gasteiger partial charge in [0.25, 0.3) is 0 Å². The van der Waals surface area contributed by atoms with E-state index in [0.29, 0.717) is 0 Å². The smallest absolute Gasteiger partial charge is 0.141 e. The Hall–Kier alpha value is -0.230. The summed E-state index contributed by atoms with van der Waals surface area (Å²) < 4.78 is 0.992. The van der Waals surface area contributed by atoms with E-state index in [1.165, 1.54) is 4.90 Å². The van der Waals surface area contributed by atoms with E-state index >= 15 is 0 Å². The van der Waals surface area contributed by atoms with Crippen molar-refractivity contribution in [2.75, 3.05) is 11.2 Å². The van der Waals surface area contributed by atoms with E-state index in [-0.39, 0.29) is 0 Å². The molecule has 0 saturated carbocycles. The summed E-state index contributed by atoms with van der Waals surface area (Å²) in [5.74, 6) is 1.84. The minimum Gasteiger partial charge on any atom is -0.360 e. The van der Waals surface area contributed by atoms with Crippen molar-refractivity contribution in [3.8, 4) is 10.6 Å². The maximum Gasteiger partial charge on any atom is 0.141 e. The number of fused-ring (bicyclic) bond motifs is 1. The highest BCUT2D eigenvalue weighted by atomic mass is 79.9. The third-order valence-corrected chi connectivity index (χ3v) is 5.10. The Labute approximate surface area is 115 Å². The number of nitrogens with one attached hydrogen (secondary N) is 1. The lowest BCUT2D eigenvalue weighted by Crippen LogP contribution is -1.93. The zero-order valence-electron chi connectivity index (χ0n) is 7.96. The molecule has 0 unspecified atom stereocenters. The molecule has 16 heavy (non-hydrogen) atoms. The summed E-state index contributed by atoms with van der Waals surface area (Å²) in [7, 11) is 0. The monoisotopic (exact) mass is 332 g/mol. The van der Waals surface area contributed by atoms with Crippen molar-refractivity contribution in [1.29, 1.82) is 0 Å². The van der Waals surface area contributed by atoms with Crippen molar-refractivity contribution in [3.63, 3.8) is 0 Å². The van der Waals surface area contributed by atoms with Gasteiger partial charge in [0, 0.05) is 4.47 Å². The molecule has 0 fully saturated rings.